The van der Waals surface area contributed by atoms with Crippen molar-refractivity contribution >= 4 is 36.7 Å². The van der Waals surface area contributed by atoms with Gasteiger partial charge in [-0.05, 0) is 0 Å². The molecule has 0 aliphatic heterocycles. The van der Waals surface area contributed by atoms with E-state index in [1.54, 1.807) is 6.07 Å². The molecule has 0 saturated carbocycles. The summed E-state index contributed by atoms with van der Waals surface area (Å²) in [6.45, 7) is 2.77. The Hall–Kier alpha value is -2.48. The Morgan fingerprint density at radius 3 is 1.62 bits per heavy atom. The average molecular weight is 580 g/mol. The van der Waals surface area contributed by atoms with Crippen LogP contribution in [0.2, 0.25) is 0 Å². The van der Waals surface area contributed by atoms with Crippen molar-refractivity contribution in [3.8, 4) is 5.75 Å². The van der Waals surface area contributed by atoms with Crippen molar-refractivity contribution in [1.29, 1.82) is 0 Å². The zero-order valence-corrected chi connectivity index (χ0v) is 24.1. The fourth-order valence-electron chi connectivity index (χ4n) is 5.11. The van der Waals surface area contributed by atoms with Gasteiger partial charge in [-0.3, -0.25) is 0 Å². The Balaban J connectivity index is 1.73. The second-order valence-corrected chi connectivity index (χ2v) is 18.6. The van der Waals surface area contributed by atoms with Gasteiger partial charge in [-0.1, -0.05) is 6.92 Å². The zero-order chi connectivity index (χ0) is 26.0. The normalized spacial score (nSPS) is 12.6. The quantitative estimate of drug-likeness (QED) is 0.114. The first-order valence-electron chi connectivity index (χ1n) is 13.4. The van der Waals surface area contributed by atoms with Gasteiger partial charge in [0.05, 0.1) is 0 Å². The fraction of sp³-hybridized carbons (Fsp3) is 0.273. The van der Waals surface area contributed by atoms with Crippen LogP contribution < -0.4 is 20.7 Å². The molecular formula is C33H37BrFOP. The molecule has 0 fully saturated rings. The van der Waals surface area contributed by atoms with Gasteiger partial charge >= 0.3 is 223 Å². The van der Waals surface area contributed by atoms with Crippen molar-refractivity contribution in [3.63, 3.8) is 0 Å². The van der Waals surface area contributed by atoms with E-state index >= 15 is 4.39 Å². The minimum atomic E-state index is -3.28. The predicted octanol–water partition coefficient (Wildman–Crippen LogP) is 8.90. The molecule has 0 bridgehead atoms. The number of halogens is 2. The molecule has 4 aromatic rings. The van der Waals surface area contributed by atoms with E-state index in [9.17, 15) is 0 Å². The van der Waals surface area contributed by atoms with Crippen LogP contribution in [0.25, 0.3) is 0 Å². The first-order chi connectivity index (χ1) is 18.1. The van der Waals surface area contributed by atoms with E-state index in [0.717, 1.165) is 12.8 Å². The van der Waals surface area contributed by atoms with Crippen LogP contribution >= 0.6 is 20.8 Å². The molecule has 0 unspecified atom stereocenters. The first-order valence-corrected chi connectivity index (χ1v) is 17.8. The van der Waals surface area contributed by atoms with Gasteiger partial charge in [-0.15, -0.1) is 0 Å². The molecule has 0 amide bonds. The number of rotatable bonds is 13. The Kier molecular flexibility index (Phi) is 9.57. The minimum absolute atomic E-state index is 0.260. The number of ether oxygens (including phenoxy) is 1. The molecule has 194 valence electrons. The van der Waals surface area contributed by atoms with Gasteiger partial charge in [0, 0.05) is 0 Å². The van der Waals surface area contributed by atoms with Crippen molar-refractivity contribution in [3.05, 3.63) is 121 Å². The standard InChI is InChI=1S/C33H37BrFOP/c1-2-3-4-5-6-16-26-36-32-25-17-18-28(33(32)35)27-37(34,29-19-10-7-11-20-29,30-21-12-8-13-22-30)31-23-14-9-15-24-31/h7-15,17-25H,2-6,16,26-27H2,1H3. The molecule has 0 atom stereocenters. The number of hydrogen-bond acceptors (Lipinski definition) is 1. The summed E-state index contributed by atoms with van der Waals surface area (Å²) in [7, 11) is 0. The maximum atomic E-state index is 16.1. The molecule has 0 aliphatic carbocycles. The van der Waals surface area contributed by atoms with Crippen LogP contribution in [0, 0.1) is 5.82 Å². The molecule has 4 aromatic carbocycles. The molecule has 0 N–H and O–H groups in total. The predicted molar refractivity (Wildman–Crippen MR) is 163 cm³/mol. The van der Waals surface area contributed by atoms with E-state index in [2.05, 4.69) is 95.2 Å². The van der Waals surface area contributed by atoms with Crippen molar-refractivity contribution in [2.45, 2.75) is 51.6 Å². The third-order valence-corrected chi connectivity index (χ3v) is 16.6. The molecule has 4 heteroatoms. The number of hydrogen-bond donors (Lipinski definition) is 0. The van der Waals surface area contributed by atoms with Crippen LogP contribution in [-0.4, -0.2) is 6.61 Å². The van der Waals surface area contributed by atoms with Crippen LogP contribution in [0.3, 0.4) is 0 Å². The molecule has 0 aliphatic rings. The topological polar surface area (TPSA) is 9.23 Å². The number of benzene rings is 4. The third-order valence-electron chi connectivity index (χ3n) is 7.15. The number of unbranched alkanes of at least 4 members (excludes halogenated alkanes) is 5. The van der Waals surface area contributed by atoms with Gasteiger partial charge in [0.2, 0.25) is 0 Å². The van der Waals surface area contributed by atoms with Crippen LogP contribution in [0.15, 0.2) is 109 Å². The van der Waals surface area contributed by atoms with Crippen molar-refractivity contribution in [1.82, 2.24) is 0 Å². The summed E-state index contributed by atoms with van der Waals surface area (Å²) in [6.07, 6.45) is 7.56. The van der Waals surface area contributed by atoms with Gasteiger partial charge in [0.25, 0.3) is 0 Å². The maximum absolute atomic E-state index is 16.1. The Labute approximate surface area is 229 Å². The summed E-state index contributed by atoms with van der Waals surface area (Å²) in [4.78, 5) is 0. The molecule has 4 rings (SSSR count). The van der Waals surface area contributed by atoms with Crippen LogP contribution in [0.5, 0.6) is 5.75 Å². The second-order valence-electron chi connectivity index (χ2n) is 9.69. The molecule has 0 heterocycles. The molecule has 0 spiro atoms. The van der Waals surface area contributed by atoms with Crippen LogP contribution in [0.4, 0.5) is 4.39 Å². The summed E-state index contributed by atoms with van der Waals surface area (Å²) in [5.41, 5.74) is 0.659. The summed E-state index contributed by atoms with van der Waals surface area (Å²) in [5, 5.41) is 0.230. The van der Waals surface area contributed by atoms with Crippen molar-refractivity contribution < 1.29 is 9.13 Å². The fourth-order valence-corrected chi connectivity index (χ4v) is 12.8. The monoisotopic (exact) mass is 578 g/mol. The molecule has 0 aromatic heterocycles. The molecular weight excluding hydrogens is 542 g/mol. The van der Waals surface area contributed by atoms with E-state index in [4.69, 9.17) is 4.74 Å². The van der Waals surface area contributed by atoms with Crippen molar-refractivity contribution in [2.75, 3.05) is 6.61 Å². The molecule has 0 saturated heterocycles. The van der Waals surface area contributed by atoms with Gasteiger partial charge < -0.3 is 0 Å². The summed E-state index contributed by atoms with van der Waals surface area (Å²) in [6, 6.07) is 37.1. The zero-order valence-electron chi connectivity index (χ0n) is 21.7. The third kappa shape index (κ3) is 6.00. The van der Waals surface area contributed by atoms with E-state index in [0.29, 0.717) is 24.1 Å². The summed E-state index contributed by atoms with van der Waals surface area (Å²) in [5.74, 6) is 0.0857. The van der Waals surface area contributed by atoms with Gasteiger partial charge in [-0.2, -0.15) is 0 Å². The summed E-state index contributed by atoms with van der Waals surface area (Å²) >= 11 is 4.43. The molecule has 37 heavy (non-hydrogen) atoms. The SMILES string of the molecule is CCCCCCCCOc1cccc(CP(Br)(c2ccccc2)(c2ccccc2)c2ccccc2)c1F. The second kappa shape index (κ2) is 12.9. The van der Waals surface area contributed by atoms with E-state index in [-0.39, 0.29) is 5.82 Å². The van der Waals surface area contributed by atoms with Crippen LogP contribution in [-0.2, 0) is 6.16 Å². The van der Waals surface area contributed by atoms with Gasteiger partial charge in [0.1, 0.15) is 0 Å². The summed E-state index contributed by atoms with van der Waals surface area (Å²) < 4.78 is 22.0. The average Bonchev–Trinajstić information content (AvgIpc) is 2.96. The van der Waals surface area contributed by atoms with Gasteiger partial charge in [0.15, 0.2) is 0 Å². The Morgan fingerprint density at radius 1 is 0.622 bits per heavy atom. The van der Waals surface area contributed by atoms with Crippen LogP contribution in [0.1, 0.15) is 51.0 Å². The van der Waals surface area contributed by atoms with Crippen molar-refractivity contribution in [2.24, 2.45) is 0 Å². The first kappa shape index (κ1) is 27.6. The Morgan fingerprint density at radius 2 is 1.11 bits per heavy atom. The Bertz CT molecular complexity index is 1150. The van der Waals surface area contributed by atoms with E-state index < -0.39 is 5.31 Å². The van der Waals surface area contributed by atoms with Gasteiger partial charge in [-0.25, -0.2) is 0 Å². The molecule has 1 nitrogen and oxygen atoms in total. The molecule has 0 radical (unpaired) electrons. The van der Waals surface area contributed by atoms with E-state index in [1.807, 2.05) is 30.3 Å². The van der Waals surface area contributed by atoms with E-state index in [1.165, 1.54) is 41.6 Å².